The Labute approximate surface area is 252 Å². The van der Waals surface area contributed by atoms with Gasteiger partial charge in [0.15, 0.2) is 23.1 Å². The van der Waals surface area contributed by atoms with E-state index < -0.39 is 47.3 Å². The number of amides is 1. The van der Waals surface area contributed by atoms with E-state index in [0.29, 0.717) is 29.5 Å². The summed E-state index contributed by atoms with van der Waals surface area (Å²) in [6.07, 6.45) is 1.95. The van der Waals surface area contributed by atoms with Crippen LogP contribution in [0, 0.1) is 47.8 Å². The summed E-state index contributed by atoms with van der Waals surface area (Å²) in [5.41, 5.74) is 1.63. The number of aromatic hydroxyl groups is 2. The summed E-state index contributed by atoms with van der Waals surface area (Å²) in [7, 11) is 1.33. The van der Waals surface area contributed by atoms with Crippen LogP contribution in [0.3, 0.4) is 0 Å². The Hall–Kier alpha value is -3.17. The number of ether oxygens (including phenoxy) is 2. The lowest BCUT2D eigenvalue weighted by molar-refractivity contribution is -0.152. The normalized spacial score (nSPS) is 38.4. The molecule has 0 saturated carbocycles. The zero-order valence-corrected chi connectivity index (χ0v) is 25.9. The second-order valence-corrected chi connectivity index (χ2v) is 13.9. The summed E-state index contributed by atoms with van der Waals surface area (Å²) in [5.74, 6) is -4.92. The molecule has 1 aromatic carbocycles. The number of carbonyl (C=O) groups is 3. The monoisotopic (exact) mass is 593 g/mol. The molecule has 2 aliphatic carbocycles. The second-order valence-electron chi connectivity index (χ2n) is 13.9. The second kappa shape index (κ2) is 10.2. The number of methoxy groups -OCH3 is 1. The van der Waals surface area contributed by atoms with Crippen LogP contribution in [0.1, 0.15) is 82.8 Å². The molecule has 10 unspecified atom stereocenters. The zero-order chi connectivity index (χ0) is 31.3. The van der Waals surface area contributed by atoms with E-state index in [4.69, 9.17) is 9.47 Å². The van der Waals surface area contributed by atoms with Gasteiger partial charge in [0.2, 0.25) is 11.7 Å². The molecule has 5 aliphatic rings. The highest BCUT2D eigenvalue weighted by molar-refractivity contribution is 6.12. The predicted molar refractivity (Wildman–Crippen MR) is 157 cm³/mol. The van der Waals surface area contributed by atoms with Gasteiger partial charge >= 0.3 is 0 Å². The maximum absolute atomic E-state index is 15.5. The van der Waals surface area contributed by atoms with Gasteiger partial charge in [0, 0.05) is 29.0 Å². The van der Waals surface area contributed by atoms with E-state index in [2.05, 4.69) is 33.0 Å². The van der Waals surface area contributed by atoms with Crippen LogP contribution in [-0.2, 0) is 19.1 Å². The topological polar surface area (TPSA) is 142 Å². The highest BCUT2D eigenvalue weighted by Crippen LogP contribution is 2.67. The van der Waals surface area contributed by atoms with Gasteiger partial charge in [-0.25, -0.2) is 0 Å². The maximum Gasteiger partial charge on any atom is 0.235 e. The minimum Gasteiger partial charge on any atom is -0.504 e. The van der Waals surface area contributed by atoms with Crippen molar-refractivity contribution in [2.24, 2.45) is 40.9 Å². The van der Waals surface area contributed by atoms with Gasteiger partial charge in [-0.1, -0.05) is 44.1 Å². The van der Waals surface area contributed by atoms with Crippen molar-refractivity contribution in [2.75, 3.05) is 7.11 Å². The molecule has 2 bridgehead atoms. The van der Waals surface area contributed by atoms with Crippen molar-refractivity contribution >= 4 is 17.5 Å². The van der Waals surface area contributed by atoms with E-state index >= 15 is 4.79 Å². The molecule has 43 heavy (non-hydrogen) atoms. The molecule has 2 fully saturated rings. The van der Waals surface area contributed by atoms with Crippen LogP contribution in [0.25, 0.3) is 0 Å². The molecule has 2 saturated heterocycles. The quantitative estimate of drug-likeness (QED) is 0.299. The van der Waals surface area contributed by atoms with Crippen molar-refractivity contribution < 1.29 is 39.2 Å². The van der Waals surface area contributed by atoms with E-state index in [0.717, 1.165) is 11.1 Å². The highest BCUT2D eigenvalue weighted by atomic mass is 16.5. The Balaban J connectivity index is 1.62. The summed E-state index contributed by atoms with van der Waals surface area (Å²) in [5, 5.41) is 36.5. The SMILES string of the molecule is COc1c(O)c(C)c2c(c1O)C1OC2C2C(=O)C(O)CCC(C)=CC3C=C(C)C(C)C4C(CC(C)C)NC(=O)C34C(=O)C12. The molecule has 3 aliphatic heterocycles. The van der Waals surface area contributed by atoms with Crippen molar-refractivity contribution in [2.45, 2.75) is 85.2 Å². The molecule has 0 aromatic heterocycles. The Morgan fingerprint density at radius 3 is 2.37 bits per heavy atom. The van der Waals surface area contributed by atoms with Crippen LogP contribution in [0.5, 0.6) is 17.2 Å². The Morgan fingerprint density at radius 2 is 1.72 bits per heavy atom. The highest BCUT2D eigenvalue weighted by Gasteiger charge is 2.71. The fourth-order valence-electron chi connectivity index (χ4n) is 9.08. The Morgan fingerprint density at radius 1 is 1.05 bits per heavy atom. The molecule has 4 N–H and O–H groups in total. The minimum absolute atomic E-state index is 0.0824. The number of nitrogens with one attached hydrogen (secondary N) is 1. The Kier molecular flexibility index (Phi) is 7.08. The molecule has 232 valence electrons. The largest absolute Gasteiger partial charge is 0.504 e. The molecular weight excluding hydrogens is 550 g/mol. The molecule has 9 heteroatoms. The molecule has 0 radical (unpaired) electrons. The number of benzene rings is 1. The van der Waals surface area contributed by atoms with Crippen LogP contribution in [-0.4, -0.2) is 52.0 Å². The average molecular weight is 594 g/mol. The van der Waals surface area contributed by atoms with Crippen LogP contribution in [0.4, 0.5) is 0 Å². The number of aliphatic hydroxyl groups is 1. The molecular formula is C34H43NO8. The lowest BCUT2D eigenvalue weighted by Gasteiger charge is -2.47. The predicted octanol–water partition coefficient (Wildman–Crippen LogP) is 4.37. The molecule has 10 atom stereocenters. The lowest BCUT2D eigenvalue weighted by atomic mass is 9.51. The maximum atomic E-state index is 15.5. The first-order valence-electron chi connectivity index (χ1n) is 15.5. The van der Waals surface area contributed by atoms with Crippen molar-refractivity contribution in [3.8, 4) is 17.2 Å². The van der Waals surface area contributed by atoms with E-state index in [9.17, 15) is 24.9 Å². The third-order valence-electron chi connectivity index (χ3n) is 11.1. The lowest BCUT2D eigenvalue weighted by Crippen LogP contribution is -2.56. The number of carbonyl (C=O) groups excluding carboxylic acids is 3. The van der Waals surface area contributed by atoms with Gasteiger partial charge in [-0.05, 0) is 57.4 Å². The standard InChI is InChI=1S/C34H43NO8/c1-13(2)10-19-25-16(5)15(4)12-18-11-14(3)8-9-20(36)27(38)23-24(32(40)34(18,25)33(41)35-19)30-22-21(29(23)43-30)17(6)26(37)31(42-7)28(22)39/h11-13,16,18-20,23-25,29-30,36-37,39H,8-10H2,1-7H3,(H,35,41). The van der Waals surface area contributed by atoms with Gasteiger partial charge in [-0.2, -0.15) is 0 Å². The van der Waals surface area contributed by atoms with E-state index in [1.807, 2.05) is 19.1 Å². The number of phenolic OH excluding ortho intramolecular Hbond substituents is 2. The number of hydrogen-bond acceptors (Lipinski definition) is 8. The van der Waals surface area contributed by atoms with Gasteiger partial charge < -0.3 is 30.1 Å². The van der Waals surface area contributed by atoms with Gasteiger partial charge in [0.05, 0.1) is 31.2 Å². The van der Waals surface area contributed by atoms with Crippen molar-refractivity contribution in [3.63, 3.8) is 0 Å². The first-order chi connectivity index (χ1) is 20.3. The van der Waals surface area contributed by atoms with Gasteiger partial charge in [0.1, 0.15) is 11.5 Å². The summed E-state index contributed by atoms with van der Waals surface area (Å²) in [6, 6.07) is -0.240. The third kappa shape index (κ3) is 3.93. The zero-order valence-electron chi connectivity index (χ0n) is 25.9. The summed E-state index contributed by atoms with van der Waals surface area (Å²) >= 11 is 0. The first kappa shape index (κ1) is 29.9. The number of fused-ring (bicyclic) bond motifs is 8. The van der Waals surface area contributed by atoms with Gasteiger partial charge in [-0.15, -0.1) is 0 Å². The fraction of sp³-hybridized carbons (Fsp3) is 0.618. The van der Waals surface area contributed by atoms with Crippen molar-refractivity contribution in [1.82, 2.24) is 5.32 Å². The average Bonchev–Trinajstić information content (AvgIpc) is 3.60. The Bertz CT molecular complexity index is 1480. The third-order valence-corrected chi connectivity index (χ3v) is 11.1. The van der Waals surface area contributed by atoms with E-state index in [1.54, 1.807) is 6.92 Å². The van der Waals surface area contributed by atoms with E-state index in [1.165, 1.54) is 7.11 Å². The fourth-order valence-corrected chi connectivity index (χ4v) is 9.08. The van der Waals surface area contributed by atoms with Crippen LogP contribution >= 0.6 is 0 Å². The number of phenols is 2. The number of aliphatic hydroxyl groups excluding tert-OH is 1. The van der Waals surface area contributed by atoms with Gasteiger partial charge in [0.25, 0.3) is 0 Å². The van der Waals surface area contributed by atoms with Crippen molar-refractivity contribution in [3.05, 3.63) is 40.0 Å². The molecule has 6 rings (SSSR count). The molecule has 1 amide bonds. The summed E-state index contributed by atoms with van der Waals surface area (Å²) in [4.78, 5) is 44.0. The summed E-state index contributed by atoms with van der Waals surface area (Å²) in [6.45, 7) is 11.9. The minimum atomic E-state index is -1.50. The first-order valence-corrected chi connectivity index (χ1v) is 15.5. The van der Waals surface area contributed by atoms with Crippen LogP contribution in [0.15, 0.2) is 23.3 Å². The molecule has 9 nitrogen and oxygen atoms in total. The van der Waals surface area contributed by atoms with Gasteiger partial charge in [-0.3, -0.25) is 14.4 Å². The molecule has 1 spiro atoms. The molecule has 1 aromatic rings. The summed E-state index contributed by atoms with van der Waals surface area (Å²) < 4.78 is 11.7. The number of Topliss-reactive ketones (excluding diaryl/α,β-unsaturated/α-hetero) is 2. The van der Waals surface area contributed by atoms with Crippen LogP contribution < -0.4 is 10.1 Å². The van der Waals surface area contributed by atoms with Crippen LogP contribution in [0.2, 0.25) is 0 Å². The number of ketones is 2. The van der Waals surface area contributed by atoms with E-state index in [-0.39, 0.29) is 59.2 Å². The molecule has 3 heterocycles. The smallest absolute Gasteiger partial charge is 0.235 e. The number of allylic oxidation sites excluding steroid dienone is 4. The van der Waals surface area contributed by atoms with Crippen molar-refractivity contribution in [1.29, 1.82) is 0 Å². The number of hydrogen-bond donors (Lipinski definition) is 4. The number of rotatable bonds is 3.